The number of hydrogen-bond donors (Lipinski definition) is 0. The molecule has 1 aliphatic carbocycles. The standard InChI is InChI=1S/C13H20N2O2/c1-3-7-15(8-4-2)13(16)11-9-12(17-14-11)10-5-6-10/h9-10H,3-8H2,1-2H3. The van der Waals surface area contributed by atoms with Gasteiger partial charge in [0, 0.05) is 25.1 Å². The summed E-state index contributed by atoms with van der Waals surface area (Å²) < 4.78 is 5.22. The van der Waals surface area contributed by atoms with E-state index < -0.39 is 0 Å². The summed E-state index contributed by atoms with van der Waals surface area (Å²) in [4.78, 5) is 14.0. The van der Waals surface area contributed by atoms with Crippen LogP contribution >= 0.6 is 0 Å². The molecule has 0 bridgehead atoms. The zero-order valence-electron chi connectivity index (χ0n) is 10.6. The van der Waals surface area contributed by atoms with Gasteiger partial charge in [-0.1, -0.05) is 19.0 Å². The molecule has 1 saturated carbocycles. The molecule has 4 nitrogen and oxygen atoms in total. The molecule has 1 amide bonds. The molecule has 4 heteroatoms. The molecule has 94 valence electrons. The fourth-order valence-corrected chi connectivity index (χ4v) is 1.97. The summed E-state index contributed by atoms with van der Waals surface area (Å²) in [5.74, 6) is 1.39. The van der Waals surface area contributed by atoms with Crippen molar-refractivity contribution >= 4 is 5.91 Å². The molecule has 1 aromatic heterocycles. The van der Waals surface area contributed by atoms with Gasteiger partial charge in [-0.3, -0.25) is 4.79 Å². The van der Waals surface area contributed by atoms with Crippen LogP contribution < -0.4 is 0 Å². The van der Waals surface area contributed by atoms with Crippen LogP contribution in [-0.2, 0) is 0 Å². The summed E-state index contributed by atoms with van der Waals surface area (Å²) in [6.45, 7) is 5.74. The van der Waals surface area contributed by atoms with Gasteiger partial charge in [0.1, 0.15) is 5.76 Å². The third kappa shape index (κ3) is 2.87. The first-order valence-electron chi connectivity index (χ1n) is 6.52. The Morgan fingerprint density at radius 2 is 2.06 bits per heavy atom. The van der Waals surface area contributed by atoms with Gasteiger partial charge >= 0.3 is 0 Å². The molecular formula is C13H20N2O2. The molecule has 0 aliphatic heterocycles. The summed E-state index contributed by atoms with van der Waals surface area (Å²) in [5, 5.41) is 3.90. The second-order valence-corrected chi connectivity index (χ2v) is 4.68. The number of carbonyl (C=O) groups excluding carboxylic acids is 1. The van der Waals surface area contributed by atoms with Crippen molar-refractivity contribution in [2.75, 3.05) is 13.1 Å². The second kappa shape index (κ2) is 5.34. The van der Waals surface area contributed by atoms with E-state index in [1.807, 2.05) is 11.0 Å². The highest BCUT2D eigenvalue weighted by atomic mass is 16.5. The van der Waals surface area contributed by atoms with Gasteiger partial charge in [-0.25, -0.2) is 0 Å². The Kier molecular flexibility index (Phi) is 3.82. The third-order valence-electron chi connectivity index (χ3n) is 3.00. The molecular weight excluding hydrogens is 216 g/mol. The summed E-state index contributed by atoms with van der Waals surface area (Å²) >= 11 is 0. The first-order chi connectivity index (χ1) is 8.26. The first-order valence-corrected chi connectivity index (χ1v) is 6.52. The van der Waals surface area contributed by atoms with E-state index >= 15 is 0 Å². The number of amides is 1. The molecule has 1 aromatic rings. The normalized spacial score (nSPS) is 14.9. The number of hydrogen-bond acceptors (Lipinski definition) is 3. The zero-order valence-corrected chi connectivity index (χ0v) is 10.6. The van der Waals surface area contributed by atoms with Crippen molar-refractivity contribution in [2.24, 2.45) is 0 Å². The van der Waals surface area contributed by atoms with Crippen LogP contribution in [0.1, 0.15) is 61.7 Å². The van der Waals surface area contributed by atoms with Crippen molar-refractivity contribution in [2.45, 2.75) is 45.4 Å². The minimum Gasteiger partial charge on any atom is -0.360 e. The summed E-state index contributed by atoms with van der Waals surface area (Å²) in [7, 11) is 0. The Morgan fingerprint density at radius 3 is 2.59 bits per heavy atom. The summed E-state index contributed by atoms with van der Waals surface area (Å²) in [6.07, 6.45) is 4.27. The molecule has 0 saturated heterocycles. The molecule has 0 N–H and O–H groups in total. The van der Waals surface area contributed by atoms with Crippen molar-refractivity contribution < 1.29 is 9.32 Å². The van der Waals surface area contributed by atoms with Crippen LogP contribution in [0, 0.1) is 0 Å². The fourth-order valence-electron chi connectivity index (χ4n) is 1.97. The second-order valence-electron chi connectivity index (χ2n) is 4.68. The van der Waals surface area contributed by atoms with Crippen molar-refractivity contribution in [3.8, 4) is 0 Å². The highest BCUT2D eigenvalue weighted by Gasteiger charge is 2.29. The molecule has 2 rings (SSSR count). The van der Waals surface area contributed by atoms with E-state index in [-0.39, 0.29) is 5.91 Å². The number of aromatic nitrogens is 1. The van der Waals surface area contributed by atoms with Crippen LogP contribution in [0.5, 0.6) is 0 Å². The van der Waals surface area contributed by atoms with Gasteiger partial charge in [-0.05, 0) is 25.7 Å². The lowest BCUT2D eigenvalue weighted by Crippen LogP contribution is -2.32. The third-order valence-corrected chi connectivity index (χ3v) is 3.00. The number of nitrogens with zero attached hydrogens (tertiary/aromatic N) is 2. The van der Waals surface area contributed by atoms with Crippen LogP contribution in [0.15, 0.2) is 10.6 Å². The minimum absolute atomic E-state index is 0.00403. The molecule has 0 radical (unpaired) electrons. The van der Waals surface area contributed by atoms with Crippen molar-refractivity contribution in [1.82, 2.24) is 10.1 Å². The van der Waals surface area contributed by atoms with Gasteiger partial charge in [0.2, 0.25) is 0 Å². The highest BCUT2D eigenvalue weighted by Crippen LogP contribution is 2.40. The predicted molar refractivity (Wildman–Crippen MR) is 65.0 cm³/mol. The van der Waals surface area contributed by atoms with Crippen molar-refractivity contribution in [1.29, 1.82) is 0 Å². The van der Waals surface area contributed by atoms with E-state index in [1.54, 1.807) is 0 Å². The summed E-state index contributed by atoms with van der Waals surface area (Å²) in [6, 6.07) is 1.82. The number of rotatable bonds is 6. The lowest BCUT2D eigenvalue weighted by Gasteiger charge is -2.19. The maximum absolute atomic E-state index is 12.2. The van der Waals surface area contributed by atoms with Gasteiger partial charge < -0.3 is 9.42 Å². The predicted octanol–water partition coefficient (Wildman–Crippen LogP) is 2.81. The molecule has 0 unspecified atom stereocenters. The van der Waals surface area contributed by atoms with Crippen molar-refractivity contribution in [3.05, 3.63) is 17.5 Å². The molecule has 1 fully saturated rings. The van der Waals surface area contributed by atoms with E-state index in [9.17, 15) is 4.79 Å². The van der Waals surface area contributed by atoms with Gasteiger partial charge in [0.15, 0.2) is 5.69 Å². The maximum Gasteiger partial charge on any atom is 0.276 e. The monoisotopic (exact) mass is 236 g/mol. The topological polar surface area (TPSA) is 46.3 Å². The number of carbonyl (C=O) groups is 1. The Balaban J connectivity index is 2.04. The van der Waals surface area contributed by atoms with Crippen LogP contribution in [0.25, 0.3) is 0 Å². The van der Waals surface area contributed by atoms with Crippen LogP contribution in [0.3, 0.4) is 0 Å². The quantitative estimate of drug-likeness (QED) is 0.763. The van der Waals surface area contributed by atoms with E-state index in [0.29, 0.717) is 11.6 Å². The molecule has 0 spiro atoms. The Labute approximate surface area is 102 Å². The summed E-state index contributed by atoms with van der Waals surface area (Å²) in [5.41, 5.74) is 0.466. The van der Waals surface area contributed by atoms with Gasteiger partial charge in [-0.15, -0.1) is 0 Å². The van der Waals surface area contributed by atoms with Gasteiger partial charge in [0.05, 0.1) is 0 Å². The Morgan fingerprint density at radius 1 is 1.41 bits per heavy atom. The average Bonchev–Trinajstić information content (AvgIpc) is 3.06. The van der Waals surface area contributed by atoms with E-state index in [1.165, 1.54) is 0 Å². The lowest BCUT2D eigenvalue weighted by atomic mass is 10.2. The average molecular weight is 236 g/mol. The molecule has 0 aromatic carbocycles. The van der Waals surface area contributed by atoms with Crippen LogP contribution in [-0.4, -0.2) is 29.1 Å². The van der Waals surface area contributed by atoms with E-state index in [0.717, 1.165) is 44.5 Å². The van der Waals surface area contributed by atoms with E-state index in [2.05, 4.69) is 19.0 Å². The molecule has 17 heavy (non-hydrogen) atoms. The largest absolute Gasteiger partial charge is 0.360 e. The minimum atomic E-state index is 0.00403. The zero-order chi connectivity index (χ0) is 12.3. The van der Waals surface area contributed by atoms with Gasteiger partial charge in [0.25, 0.3) is 5.91 Å². The maximum atomic E-state index is 12.2. The Hall–Kier alpha value is -1.32. The van der Waals surface area contributed by atoms with Gasteiger partial charge in [-0.2, -0.15) is 0 Å². The Bertz CT molecular complexity index is 377. The lowest BCUT2D eigenvalue weighted by molar-refractivity contribution is 0.0745. The SMILES string of the molecule is CCCN(CCC)C(=O)c1cc(C2CC2)on1. The molecule has 1 aliphatic rings. The van der Waals surface area contributed by atoms with Crippen LogP contribution in [0.4, 0.5) is 0 Å². The first kappa shape index (κ1) is 12.1. The van der Waals surface area contributed by atoms with Crippen LogP contribution in [0.2, 0.25) is 0 Å². The highest BCUT2D eigenvalue weighted by molar-refractivity contribution is 5.92. The molecule has 0 atom stereocenters. The molecule has 1 heterocycles. The van der Waals surface area contributed by atoms with Crippen molar-refractivity contribution in [3.63, 3.8) is 0 Å². The van der Waals surface area contributed by atoms with E-state index in [4.69, 9.17) is 4.52 Å². The smallest absolute Gasteiger partial charge is 0.276 e. The fraction of sp³-hybridized carbons (Fsp3) is 0.692.